The number of esters is 1. The molecule has 1 rings (SSSR count). The number of thioether (sulfide) groups is 1. The van der Waals surface area contributed by atoms with E-state index in [2.05, 4.69) is 49.0 Å². The number of nitrogens with one attached hydrogen (secondary N) is 1. The summed E-state index contributed by atoms with van der Waals surface area (Å²) in [7, 11) is 1.43. The highest BCUT2D eigenvalue weighted by Gasteiger charge is 2.06. The van der Waals surface area contributed by atoms with E-state index in [1.807, 2.05) is 0 Å². The molecule has 0 saturated carbocycles. The largest absolute Gasteiger partial charge is 0.469 e. The molecule has 1 N–H and O–H groups in total. The molecule has 0 unspecified atom stereocenters. The standard InChI is InChI=1S/C15H23NO2S/c1-11(2)16-10-13-9-12(3)5-6-14(13)19-8-7-15(17)18-4/h5-6,9,11,16H,7-8,10H2,1-4H3. The van der Waals surface area contributed by atoms with Crippen LogP contribution in [0.4, 0.5) is 0 Å². The number of carbonyl (C=O) groups excluding carboxylic acids is 1. The van der Waals surface area contributed by atoms with Gasteiger partial charge in [0, 0.05) is 23.2 Å². The number of hydrogen-bond donors (Lipinski definition) is 1. The predicted molar refractivity (Wildman–Crippen MR) is 80.5 cm³/mol. The monoisotopic (exact) mass is 281 g/mol. The first-order chi connectivity index (χ1) is 9.02. The van der Waals surface area contributed by atoms with Gasteiger partial charge in [0.05, 0.1) is 13.5 Å². The Hall–Kier alpha value is -1.00. The van der Waals surface area contributed by atoms with E-state index in [1.165, 1.54) is 23.1 Å². The Kier molecular flexibility index (Phi) is 6.95. The van der Waals surface area contributed by atoms with E-state index in [9.17, 15) is 4.79 Å². The third-order valence-electron chi connectivity index (χ3n) is 2.71. The molecule has 0 fully saturated rings. The van der Waals surface area contributed by atoms with Crippen molar-refractivity contribution in [1.82, 2.24) is 5.32 Å². The van der Waals surface area contributed by atoms with Crippen LogP contribution in [0.1, 0.15) is 31.4 Å². The zero-order valence-electron chi connectivity index (χ0n) is 12.2. The van der Waals surface area contributed by atoms with Gasteiger partial charge in [0.15, 0.2) is 0 Å². The zero-order valence-corrected chi connectivity index (χ0v) is 13.0. The molecule has 4 heteroatoms. The average Bonchev–Trinajstić information content (AvgIpc) is 2.38. The Balaban J connectivity index is 2.62. The van der Waals surface area contributed by atoms with Crippen LogP contribution in [0, 0.1) is 6.92 Å². The fourth-order valence-corrected chi connectivity index (χ4v) is 2.62. The maximum Gasteiger partial charge on any atom is 0.306 e. The quantitative estimate of drug-likeness (QED) is 0.615. The molecule has 0 aliphatic carbocycles. The van der Waals surface area contributed by atoms with Gasteiger partial charge >= 0.3 is 5.97 Å². The molecule has 106 valence electrons. The van der Waals surface area contributed by atoms with Crippen LogP contribution in [-0.4, -0.2) is 24.9 Å². The van der Waals surface area contributed by atoms with E-state index in [0.717, 1.165) is 12.3 Å². The van der Waals surface area contributed by atoms with Gasteiger partial charge < -0.3 is 10.1 Å². The summed E-state index contributed by atoms with van der Waals surface area (Å²) in [5, 5.41) is 3.43. The normalized spacial score (nSPS) is 10.8. The molecule has 0 aliphatic rings. The SMILES string of the molecule is COC(=O)CCSc1ccc(C)cc1CNC(C)C. The van der Waals surface area contributed by atoms with Crippen molar-refractivity contribution >= 4 is 17.7 Å². The first kappa shape index (κ1) is 16.1. The lowest BCUT2D eigenvalue weighted by Crippen LogP contribution is -2.22. The predicted octanol–water partition coefficient (Wildman–Crippen LogP) is 3.15. The molecule has 0 bridgehead atoms. The summed E-state index contributed by atoms with van der Waals surface area (Å²) in [6, 6.07) is 6.91. The van der Waals surface area contributed by atoms with E-state index >= 15 is 0 Å². The summed E-state index contributed by atoms with van der Waals surface area (Å²) in [5.41, 5.74) is 2.56. The third kappa shape index (κ3) is 6.12. The van der Waals surface area contributed by atoms with E-state index in [-0.39, 0.29) is 5.97 Å². The molecule has 0 aliphatic heterocycles. The second-order valence-corrected chi connectivity index (χ2v) is 5.96. The van der Waals surface area contributed by atoms with Gasteiger partial charge in [-0.1, -0.05) is 31.5 Å². The molecule has 0 heterocycles. The van der Waals surface area contributed by atoms with Crippen molar-refractivity contribution in [3.05, 3.63) is 29.3 Å². The van der Waals surface area contributed by atoms with Gasteiger partial charge in [-0.3, -0.25) is 4.79 Å². The van der Waals surface area contributed by atoms with Crippen molar-refractivity contribution in [2.24, 2.45) is 0 Å². The number of methoxy groups -OCH3 is 1. The minimum Gasteiger partial charge on any atom is -0.469 e. The van der Waals surface area contributed by atoms with Crippen LogP contribution >= 0.6 is 11.8 Å². The Labute approximate surface area is 120 Å². The minimum atomic E-state index is -0.151. The van der Waals surface area contributed by atoms with Gasteiger partial charge in [0.25, 0.3) is 0 Å². The summed E-state index contributed by atoms with van der Waals surface area (Å²) in [4.78, 5) is 12.3. The number of rotatable bonds is 7. The fourth-order valence-electron chi connectivity index (χ4n) is 1.65. The molecule has 1 aromatic carbocycles. The van der Waals surface area contributed by atoms with Gasteiger partial charge in [0.2, 0.25) is 0 Å². The number of benzene rings is 1. The lowest BCUT2D eigenvalue weighted by atomic mass is 10.1. The Morgan fingerprint density at radius 2 is 2.16 bits per heavy atom. The first-order valence-electron chi connectivity index (χ1n) is 6.55. The number of aryl methyl sites for hydroxylation is 1. The molecule has 0 amide bonds. The number of hydrogen-bond acceptors (Lipinski definition) is 4. The van der Waals surface area contributed by atoms with Crippen LogP contribution in [0.3, 0.4) is 0 Å². The highest BCUT2D eigenvalue weighted by atomic mass is 32.2. The smallest absolute Gasteiger partial charge is 0.306 e. The Morgan fingerprint density at radius 1 is 1.42 bits per heavy atom. The summed E-state index contributed by atoms with van der Waals surface area (Å²) in [6.45, 7) is 7.24. The van der Waals surface area contributed by atoms with E-state index in [1.54, 1.807) is 11.8 Å². The highest BCUT2D eigenvalue weighted by Crippen LogP contribution is 2.24. The molecule has 3 nitrogen and oxygen atoms in total. The fraction of sp³-hybridized carbons (Fsp3) is 0.533. The molecule has 0 spiro atoms. The summed E-state index contributed by atoms with van der Waals surface area (Å²) in [5.74, 6) is 0.603. The maximum absolute atomic E-state index is 11.1. The summed E-state index contributed by atoms with van der Waals surface area (Å²) >= 11 is 1.71. The highest BCUT2D eigenvalue weighted by molar-refractivity contribution is 7.99. The zero-order chi connectivity index (χ0) is 14.3. The van der Waals surface area contributed by atoms with Crippen molar-refractivity contribution in [1.29, 1.82) is 0 Å². The first-order valence-corrected chi connectivity index (χ1v) is 7.54. The summed E-state index contributed by atoms with van der Waals surface area (Å²) in [6.07, 6.45) is 0.450. The van der Waals surface area contributed by atoms with Crippen LogP contribution < -0.4 is 5.32 Å². The number of ether oxygens (including phenoxy) is 1. The van der Waals surface area contributed by atoms with E-state index < -0.39 is 0 Å². The lowest BCUT2D eigenvalue weighted by Gasteiger charge is -2.13. The van der Waals surface area contributed by atoms with E-state index in [0.29, 0.717) is 12.5 Å². The molecule has 19 heavy (non-hydrogen) atoms. The molecule has 0 aromatic heterocycles. The van der Waals surface area contributed by atoms with Gasteiger partial charge in [0.1, 0.15) is 0 Å². The van der Waals surface area contributed by atoms with Crippen LogP contribution in [0.2, 0.25) is 0 Å². The van der Waals surface area contributed by atoms with Crippen molar-refractivity contribution in [2.45, 2.75) is 44.7 Å². The van der Waals surface area contributed by atoms with Gasteiger partial charge in [-0.05, 0) is 18.6 Å². The second kappa shape index (κ2) is 8.23. The van der Waals surface area contributed by atoms with Gasteiger partial charge in [-0.2, -0.15) is 0 Å². The van der Waals surface area contributed by atoms with Crippen LogP contribution in [0.25, 0.3) is 0 Å². The summed E-state index contributed by atoms with van der Waals surface area (Å²) < 4.78 is 4.65. The van der Waals surface area contributed by atoms with Crippen molar-refractivity contribution in [2.75, 3.05) is 12.9 Å². The van der Waals surface area contributed by atoms with E-state index in [4.69, 9.17) is 0 Å². The molecule has 0 saturated heterocycles. The second-order valence-electron chi connectivity index (χ2n) is 4.82. The third-order valence-corrected chi connectivity index (χ3v) is 3.83. The van der Waals surface area contributed by atoms with Gasteiger partial charge in [-0.15, -0.1) is 11.8 Å². The lowest BCUT2D eigenvalue weighted by molar-refractivity contribution is -0.140. The molecule has 0 atom stereocenters. The maximum atomic E-state index is 11.1. The molecule has 1 aromatic rings. The topological polar surface area (TPSA) is 38.3 Å². The number of carbonyl (C=O) groups is 1. The van der Waals surface area contributed by atoms with Crippen molar-refractivity contribution in [3.63, 3.8) is 0 Å². The average molecular weight is 281 g/mol. The van der Waals surface area contributed by atoms with Crippen LogP contribution in [0.5, 0.6) is 0 Å². The Morgan fingerprint density at radius 3 is 2.79 bits per heavy atom. The molecule has 0 radical (unpaired) electrons. The van der Waals surface area contributed by atoms with Crippen LogP contribution in [0.15, 0.2) is 23.1 Å². The molecular weight excluding hydrogens is 258 g/mol. The minimum absolute atomic E-state index is 0.151. The van der Waals surface area contributed by atoms with Crippen molar-refractivity contribution in [3.8, 4) is 0 Å². The van der Waals surface area contributed by atoms with Crippen molar-refractivity contribution < 1.29 is 9.53 Å². The van der Waals surface area contributed by atoms with Crippen LogP contribution in [-0.2, 0) is 16.1 Å². The Bertz CT molecular complexity index is 419. The molecular formula is C15H23NO2S. The van der Waals surface area contributed by atoms with Gasteiger partial charge in [-0.25, -0.2) is 0 Å².